The van der Waals surface area contributed by atoms with Crippen LogP contribution < -0.4 is 15.6 Å². The number of amides is 1. The molecule has 2 rings (SSSR count). The minimum atomic E-state index is -4.68. The Morgan fingerprint density at radius 2 is 2.04 bits per heavy atom. The Bertz CT molecular complexity index is 818. The van der Waals surface area contributed by atoms with Gasteiger partial charge in [0, 0.05) is 18.0 Å². The quantitative estimate of drug-likeness (QED) is 0.911. The number of hydrogen-bond donors (Lipinski definition) is 1. The Hall–Kier alpha value is -2.48. The fourth-order valence-electron chi connectivity index (χ4n) is 1.93. The summed E-state index contributed by atoms with van der Waals surface area (Å²) < 4.78 is 43.9. The maximum Gasteiger partial charge on any atom is 0.417 e. The molecule has 0 radical (unpaired) electrons. The Morgan fingerprint density at radius 3 is 2.67 bits per heavy atom. The lowest BCUT2D eigenvalue weighted by Crippen LogP contribution is -2.29. The fraction of sp³-hybridized carbons (Fsp3) is 0.200. The van der Waals surface area contributed by atoms with Gasteiger partial charge in [-0.15, -0.1) is 0 Å². The number of rotatable bonds is 4. The van der Waals surface area contributed by atoms with Gasteiger partial charge < -0.3 is 14.6 Å². The number of pyridine rings is 1. The number of methoxy groups -OCH3 is 1. The van der Waals surface area contributed by atoms with E-state index in [4.69, 9.17) is 16.3 Å². The number of ether oxygens (including phenoxy) is 1. The molecule has 9 heteroatoms. The van der Waals surface area contributed by atoms with Crippen LogP contribution in [0, 0.1) is 0 Å². The van der Waals surface area contributed by atoms with Gasteiger partial charge >= 0.3 is 6.18 Å². The van der Waals surface area contributed by atoms with Gasteiger partial charge in [-0.3, -0.25) is 9.59 Å². The molecule has 0 aliphatic carbocycles. The number of aromatic nitrogens is 1. The van der Waals surface area contributed by atoms with Crippen LogP contribution in [-0.4, -0.2) is 17.6 Å². The molecule has 0 aliphatic heterocycles. The van der Waals surface area contributed by atoms with E-state index in [9.17, 15) is 22.8 Å². The largest absolute Gasteiger partial charge is 0.497 e. The summed E-state index contributed by atoms with van der Waals surface area (Å²) in [5.41, 5.74) is -1.61. The number of carbonyl (C=O) groups excluding carboxylic acids is 1. The second-order valence-electron chi connectivity index (χ2n) is 4.79. The lowest BCUT2D eigenvalue weighted by molar-refractivity contribution is -0.138. The van der Waals surface area contributed by atoms with Gasteiger partial charge in [-0.2, -0.15) is 13.2 Å². The van der Waals surface area contributed by atoms with Crippen molar-refractivity contribution in [2.45, 2.75) is 12.7 Å². The Morgan fingerprint density at radius 1 is 1.33 bits per heavy atom. The molecule has 0 saturated carbocycles. The van der Waals surface area contributed by atoms with Crippen molar-refractivity contribution in [3.05, 3.63) is 57.5 Å². The van der Waals surface area contributed by atoms with Gasteiger partial charge in [-0.1, -0.05) is 17.7 Å². The molecule has 2 aromatic rings. The zero-order valence-electron chi connectivity index (χ0n) is 12.4. The van der Waals surface area contributed by atoms with Crippen LogP contribution in [0.25, 0.3) is 0 Å². The molecule has 0 fully saturated rings. The molecular formula is C15H12ClF3N2O3. The minimum Gasteiger partial charge on any atom is -0.497 e. The number of hydrogen-bond acceptors (Lipinski definition) is 3. The summed E-state index contributed by atoms with van der Waals surface area (Å²) in [7, 11) is 1.45. The summed E-state index contributed by atoms with van der Waals surface area (Å²) in [4.78, 5) is 23.8. The van der Waals surface area contributed by atoms with Crippen molar-refractivity contribution < 1.29 is 22.7 Å². The molecule has 0 atom stereocenters. The number of anilines is 1. The molecule has 5 nitrogen and oxygen atoms in total. The van der Waals surface area contributed by atoms with Crippen molar-refractivity contribution in [3.63, 3.8) is 0 Å². The molecule has 1 aromatic carbocycles. The number of alkyl halides is 3. The van der Waals surface area contributed by atoms with Gasteiger partial charge in [0.25, 0.3) is 5.56 Å². The van der Waals surface area contributed by atoms with Gasteiger partial charge in [-0.05, 0) is 18.2 Å². The van der Waals surface area contributed by atoms with E-state index in [1.165, 1.54) is 13.2 Å². The summed E-state index contributed by atoms with van der Waals surface area (Å²) in [5.74, 6) is -0.187. The van der Waals surface area contributed by atoms with Crippen molar-refractivity contribution in [1.29, 1.82) is 0 Å². The van der Waals surface area contributed by atoms with Crippen molar-refractivity contribution in [3.8, 4) is 5.75 Å². The average Bonchev–Trinajstić information content (AvgIpc) is 2.50. The average molecular weight is 361 g/mol. The minimum absolute atomic E-state index is 0.380. The van der Waals surface area contributed by atoms with Gasteiger partial charge in [0.15, 0.2) is 0 Å². The van der Waals surface area contributed by atoms with E-state index in [1.54, 1.807) is 18.2 Å². The second-order valence-corrected chi connectivity index (χ2v) is 5.19. The summed E-state index contributed by atoms with van der Waals surface area (Å²) in [5, 5.41) is 1.85. The standard InChI is InChI=1S/C15H12ClF3N2O3/c1-24-11-4-2-3-10(6-11)20-13(22)8-21-7-9(15(17,18)19)5-12(16)14(21)23/h2-7H,8H2,1H3,(H,20,22). The van der Waals surface area contributed by atoms with Crippen LogP contribution in [0.3, 0.4) is 0 Å². The Kier molecular flexibility index (Phi) is 5.18. The normalized spacial score (nSPS) is 11.2. The van der Waals surface area contributed by atoms with Crippen LogP contribution in [0.5, 0.6) is 5.75 Å². The third kappa shape index (κ3) is 4.29. The van der Waals surface area contributed by atoms with E-state index in [0.717, 1.165) is 0 Å². The second kappa shape index (κ2) is 6.96. The number of carbonyl (C=O) groups is 1. The first-order valence-electron chi connectivity index (χ1n) is 6.62. The molecule has 24 heavy (non-hydrogen) atoms. The highest BCUT2D eigenvalue weighted by molar-refractivity contribution is 6.30. The molecule has 0 unspecified atom stereocenters. The molecular weight excluding hydrogens is 349 g/mol. The van der Waals surface area contributed by atoms with Crippen LogP contribution in [0.15, 0.2) is 41.3 Å². The van der Waals surface area contributed by atoms with Gasteiger partial charge in [0.2, 0.25) is 5.91 Å². The molecule has 0 spiro atoms. The highest BCUT2D eigenvalue weighted by Gasteiger charge is 2.32. The molecule has 1 N–H and O–H groups in total. The first kappa shape index (κ1) is 17.9. The smallest absolute Gasteiger partial charge is 0.417 e. The van der Waals surface area contributed by atoms with Crippen molar-refractivity contribution >= 4 is 23.2 Å². The van der Waals surface area contributed by atoms with Crippen LogP contribution in [-0.2, 0) is 17.5 Å². The van der Waals surface area contributed by atoms with Crippen molar-refractivity contribution in [2.24, 2.45) is 0 Å². The van der Waals surface area contributed by atoms with E-state index < -0.39 is 34.8 Å². The van der Waals surface area contributed by atoms with Gasteiger partial charge in [0.05, 0.1) is 12.7 Å². The fourth-order valence-corrected chi connectivity index (χ4v) is 2.15. The van der Waals surface area contributed by atoms with E-state index in [-0.39, 0.29) is 0 Å². The number of nitrogens with zero attached hydrogens (tertiary/aromatic N) is 1. The van der Waals surface area contributed by atoms with Crippen LogP contribution in [0.2, 0.25) is 5.02 Å². The van der Waals surface area contributed by atoms with Crippen LogP contribution in [0.4, 0.5) is 18.9 Å². The number of nitrogens with one attached hydrogen (secondary N) is 1. The third-order valence-electron chi connectivity index (χ3n) is 3.04. The number of benzene rings is 1. The summed E-state index contributed by atoms with van der Waals surface area (Å²) >= 11 is 5.53. The number of halogens is 4. The maximum atomic E-state index is 12.8. The molecule has 1 heterocycles. The molecule has 0 bridgehead atoms. The van der Waals surface area contributed by atoms with E-state index >= 15 is 0 Å². The van der Waals surface area contributed by atoms with E-state index in [0.29, 0.717) is 28.3 Å². The molecule has 128 valence electrons. The van der Waals surface area contributed by atoms with Gasteiger partial charge in [0.1, 0.15) is 17.3 Å². The van der Waals surface area contributed by atoms with Crippen LogP contribution in [0.1, 0.15) is 5.56 Å². The first-order valence-corrected chi connectivity index (χ1v) is 6.99. The molecule has 1 amide bonds. The molecule has 0 aliphatic rings. The Balaban J connectivity index is 2.22. The highest BCUT2D eigenvalue weighted by atomic mass is 35.5. The topological polar surface area (TPSA) is 60.3 Å². The zero-order chi connectivity index (χ0) is 17.9. The predicted octanol–water partition coefficient (Wildman–Crippen LogP) is 3.17. The van der Waals surface area contributed by atoms with Crippen molar-refractivity contribution in [1.82, 2.24) is 4.57 Å². The Labute approximate surface area is 139 Å². The lowest BCUT2D eigenvalue weighted by atomic mass is 10.2. The SMILES string of the molecule is COc1cccc(NC(=O)Cn2cc(C(F)(F)F)cc(Cl)c2=O)c1. The molecule has 0 saturated heterocycles. The summed E-state index contributed by atoms with van der Waals surface area (Å²) in [6.45, 7) is -0.611. The van der Waals surface area contributed by atoms with E-state index in [2.05, 4.69) is 5.32 Å². The molecule has 1 aromatic heterocycles. The van der Waals surface area contributed by atoms with Crippen molar-refractivity contribution in [2.75, 3.05) is 12.4 Å². The lowest BCUT2D eigenvalue weighted by Gasteiger charge is -2.12. The maximum absolute atomic E-state index is 12.8. The first-order chi connectivity index (χ1) is 11.2. The third-order valence-corrected chi connectivity index (χ3v) is 3.31. The summed E-state index contributed by atoms with van der Waals surface area (Å²) in [6.07, 6.45) is -4.12. The van der Waals surface area contributed by atoms with E-state index in [1.807, 2.05) is 0 Å². The highest BCUT2D eigenvalue weighted by Crippen LogP contribution is 2.29. The van der Waals surface area contributed by atoms with Gasteiger partial charge in [-0.25, -0.2) is 0 Å². The predicted molar refractivity (Wildman–Crippen MR) is 82.3 cm³/mol. The van der Waals surface area contributed by atoms with Crippen LogP contribution >= 0.6 is 11.6 Å². The zero-order valence-corrected chi connectivity index (χ0v) is 13.1. The summed E-state index contributed by atoms with van der Waals surface area (Å²) in [6, 6.07) is 6.91. The monoisotopic (exact) mass is 360 g/mol.